The molecule has 1 saturated heterocycles. The van der Waals surface area contributed by atoms with E-state index in [1.54, 1.807) is 41.2 Å². The zero-order valence-corrected chi connectivity index (χ0v) is 15.6. The molecular weight excluding hydrogens is 328 g/mol. The van der Waals surface area contributed by atoms with E-state index in [9.17, 15) is 9.59 Å². The van der Waals surface area contributed by atoms with Crippen molar-refractivity contribution in [3.8, 4) is 0 Å². The van der Waals surface area contributed by atoms with Crippen LogP contribution in [0.25, 0.3) is 0 Å². The zero-order valence-electron chi connectivity index (χ0n) is 15.6. The first-order valence-corrected chi connectivity index (χ1v) is 9.23. The summed E-state index contributed by atoms with van der Waals surface area (Å²) in [4.78, 5) is 26.9. The fourth-order valence-electron chi connectivity index (χ4n) is 3.20. The number of benzene rings is 1. The molecule has 1 aliphatic rings. The molecule has 0 radical (unpaired) electrons. The maximum atomic E-state index is 12.7. The molecule has 0 saturated carbocycles. The first kappa shape index (κ1) is 18.2. The van der Waals surface area contributed by atoms with Crippen LogP contribution in [0, 0.1) is 0 Å². The highest BCUT2D eigenvalue weighted by Crippen LogP contribution is 2.20. The molecule has 6 heteroatoms. The highest BCUT2D eigenvalue weighted by atomic mass is 16.2. The minimum absolute atomic E-state index is 0.0609. The lowest BCUT2D eigenvalue weighted by molar-refractivity contribution is 0.0635. The third-order valence-electron chi connectivity index (χ3n) is 4.82. The van der Waals surface area contributed by atoms with E-state index >= 15 is 0 Å². The van der Waals surface area contributed by atoms with E-state index in [1.807, 2.05) is 18.7 Å². The number of rotatable bonds is 4. The summed E-state index contributed by atoms with van der Waals surface area (Å²) < 4.78 is 1.75. The van der Waals surface area contributed by atoms with Crippen LogP contribution in [0.2, 0.25) is 0 Å². The molecule has 1 atom stereocenters. The quantitative estimate of drug-likeness (QED) is 0.910. The van der Waals surface area contributed by atoms with Crippen molar-refractivity contribution >= 4 is 17.5 Å². The molecule has 3 rings (SSSR count). The molecule has 138 valence electrons. The predicted octanol–water partition coefficient (Wildman–Crippen LogP) is 3.73. The third kappa shape index (κ3) is 3.95. The van der Waals surface area contributed by atoms with Gasteiger partial charge >= 0.3 is 0 Å². The Morgan fingerprint density at radius 2 is 1.88 bits per heavy atom. The smallest absolute Gasteiger partial charge is 0.276 e. The normalized spacial score (nSPS) is 17.4. The second-order valence-electron chi connectivity index (χ2n) is 7.15. The summed E-state index contributed by atoms with van der Waals surface area (Å²) in [5, 5.41) is 7.09. The number of amides is 2. The Bertz CT molecular complexity index is 779. The van der Waals surface area contributed by atoms with E-state index in [1.165, 1.54) is 6.42 Å². The van der Waals surface area contributed by atoms with Crippen LogP contribution in [0.15, 0.2) is 36.5 Å². The first-order chi connectivity index (χ1) is 12.5. The van der Waals surface area contributed by atoms with Gasteiger partial charge in [0, 0.05) is 36.1 Å². The number of likely N-dealkylation sites (tertiary alicyclic amines) is 1. The molecule has 0 bridgehead atoms. The van der Waals surface area contributed by atoms with Crippen LogP contribution in [-0.2, 0) is 0 Å². The highest BCUT2D eigenvalue weighted by molar-refractivity contribution is 6.03. The summed E-state index contributed by atoms with van der Waals surface area (Å²) in [7, 11) is 0. The van der Waals surface area contributed by atoms with Gasteiger partial charge in [-0.05, 0) is 70.4 Å². The van der Waals surface area contributed by atoms with Gasteiger partial charge in [0.05, 0.1) is 0 Å². The highest BCUT2D eigenvalue weighted by Gasteiger charge is 2.24. The summed E-state index contributed by atoms with van der Waals surface area (Å²) in [6.07, 6.45) is 5.10. The molecule has 0 aliphatic carbocycles. The Labute approximate surface area is 154 Å². The van der Waals surface area contributed by atoms with Crippen molar-refractivity contribution in [1.82, 2.24) is 14.7 Å². The van der Waals surface area contributed by atoms with E-state index < -0.39 is 0 Å². The Kier molecular flexibility index (Phi) is 5.40. The number of hydrogen-bond donors (Lipinski definition) is 1. The van der Waals surface area contributed by atoms with Crippen LogP contribution in [0.5, 0.6) is 0 Å². The molecule has 0 spiro atoms. The van der Waals surface area contributed by atoms with Crippen molar-refractivity contribution in [2.45, 2.75) is 52.1 Å². The zero-order chi connectivity index (χ0) is 18.7. The first-order valence-electron chi connectivity index (χ1n) is 9.23. The topological polar surface area (TPSA) is 67.2 Å². The summed E-state index contributed by atoms with van der Waals surface area (Å²) >= 11 is 0. The number of aromatic nitrogens is 2. The van der Waals surface area contributed by atoms with Gasteiger partial charge in [-0.2, -0.15) is 5.10 Å². The van der Waals surface area contributed by atoms with E-state index in [4.69, 9.17) is 0 Å². The summed E-state index contributed by atoms with van der Waals surface area (Å²) in [6.45, 7) is 6.93. The lowest BCUT2D eigenvalue weighted by atomic mass is 10.0. The minimum Gasteiger partial charge on any atom is -0.336 e. The van der Waals surface area contributed by atoms with Crippen molar-refractivity contribution in [2.75, 3.05) is 11.9 Å². The lowest BCUT2D eigenvalue weighted by Gasteiger charge is -2.33. The fourth-order valence-corrected chi connectivity index (χ4v) is 3.20. The van der Waals surface area contributed by atoms with Crippen LogP contribution in [-0.4, -0.2) is 39.1 Å². The van der Waals surface area contributed by atoms with Crippen molar-refractivity contribution < 1.29 is 9.59 Å². The van der Waals surface area contributed by atoms with Crippen molar-refractivity contribution in [3.05, 3.63) is 47.8 Å². The number of nitrogens with one attached hydrogen (secondary N) is 1. The van der Waals surface area contributed by atoms with Gasteiger partial charge in [0.1, 0.15) is 0 Å². The second kappa shape index (κ2) is 7.72. The summed E-state index contributed by atoms with van der Waals surface area (Å²) in [5.41, 5.74) is 1.68. The third-order valence-corrected chi connectivity index (χ3v) is 4.82. The van der Waals surface area contributed by atoms with Crippen molar-refractivity contribution in [1.29, 1.82) is 0 Å². The molecule has 1 aromatic heterocycles. The molecule has 26 heavy (non-hydrogen) atoms. The average Bonchev–Trinajstić information content (AvgIpc) is 3.13. The minimum atomic E-state index is -0.256. The van der Waals surface area contributed by atoms with Crippen molar-refractivity contribution in [2.24, 2.45) is 0 Å². The Hall–Kier alpha value is -2.63. The Balaban J connectivity index is 1.65. The maximum absolute atomic E-state index is 12.7. The molecule has 6 nitrogen and oxygen atoms in total. The molecular formula is C20H26N4O2. The van der Waals surface area contributed by atoms with Crippen LogP contribution in [0.1, 0.15) is 66.9 Å². The average molecular weight is 354 g/mol. The number of carbonyl (C=O) groups excluding carboxylic acids is 2. The van der Waals surface area contributed by atoms with Crippen LogP contribution >= 0.6 is 0 Å². The number of carbonyl (C=O) groups is 2. The van der Waals surface area contributed by atoms with E-state index in [0.717, 1.165) is 19.4 Å². The molecule has 2 amide bonds. The Morgan fingerprint density at radius 3 is 2.50 bits per heavy atom. The van der Waals surface area contributed by atoms with Gasteiger partial charge in [0.15, 0.2) is 5.69 Å². The van der Waals surface area contributed by atoms with Gasteiger partial charge in [-0.15, -0.1) is 0 Å². The predicted molar refractivity (Wildman–Crippen MR) is 101 cm³/mol. The Morgan fingerprint density at radius 1 is 1.15 bits per heavy atom. The van der Waals surface area contributed by atoms with Crippen LogP contribution < -0.4 is 5.32 Å². The van der Waals surface area contributed by atoms with Gasteiger partial charge in [-0.25, -0.2) is 0 Å². The molecule has 1 aromatic carbocycles. The fraction of sp³-hybridized carbons (Fsp3) is 0.450. The molecule has 0 unspecified atom stereocenters. The number of hydrogen-bond acceptors (Lipinski definition) is 3. The summed E-state index contributed by atoms with van der Waals surface area (Å²) in [5.74, 6) is -0.195. The lowest BCUT2D eigenvalue weighted by Crippen LogP contribution is -2.42. The largest absolute Gasteiger partial charge is 0.336 e. The van der Waals surface area contributed by atoms with E-state index in [-0.39, 0.29) is 23.9 Å². The van der Waals surface area contributed by atoms with Crippen LogP contribution in [0.4, 0.5) is 5.69 Å². The van der Waals surface area contributed by atoms with Crippen LogP contribution in [0.3, 0.4) is 0 Å². The molecule has 1 N–H and O–H groups in total. The van der Waals surface area contributed by atoms with Gasteiger partial charge in [0.25, 0.3) is 11.8 Å². The van der Waals surface area contributed by atoms with Crippen molar-refractivity contribution in [3.63, 3.8) is 0 Å². The number of nitrogens with zero attached hydrogens (tertiary/aromatic N) is 3. The monoisotopic (exact) mass is 354 g/mol. The second-order valence-corrected chi connectivity index (χ2v) is 7.15. The van der Waals surface area contributed by atoms with Gasteiger partial charge in [-0.3, -0.25) is 14.3 Å². The van der Waals surface area contributed by atoms with E-state index in [2.05, 4.69) is 17.3 Å². The molecule has 2 heterocycles. The molecule has 1 aliphatic heterocycles. The number of anilines is 1. The summed E-state index contributed by atoms with van der Waals surface area (Å²) in [6, 6.07) is 9.26. The maximum Gasteiger partial charge on any atom is 0.276 e. The standard InChI is InChI=1S/C20H26N4O2/c1-14(2)24-13-11-18(22-24)19(25)21-17-9-7-16(8-10-17)20(26)23-12-5-4-6-15(23)3/h7-11,13-15H,4-6,12H2,1-3H3,(H,21,25)/t15-/m1/s1. The number of piperidine rings is 1. The van der Waals surface area contributed by atoms with E-state index in [0.29, 0.717) is 16.9 Å². The van der Waals surface area contributed by atoms with Gasteiger partial charge in [0.2, 0.25) is 0 Å². The molecule has 2 aromatic rings. The van der Waals surface area contributed by atoms with Gasteiger partial charge in [-0.1, -0.05) is 0 Å². The molecule has 1 fully saturated rings. The SMILES string of the molecule is CC(C)n1ccc(C(=O)Nc2ccc(C(=O)N3CCCC[C@H]3C)cc2)n1. The van der Waals surface area contributed by atoms with Gasteiger partial charge < -0.3 is 10.2 Å².